The van der Waals surface area contributed by atoms with Crippen LogP contribution in [-0.4, -0.2) is 27.1 Å². The molecule has 0 unspecified atom stereocenters. The van der Waals surface area contributed by atoms with Crippen LogP contribution in [0.25, 0.3) is 11.6 Å². The van der Waals surface area contributed by atoms with Crippen LogP contribution in [0.2, 0.25) is 5.02 Å². The fourth-order valence-corrected chi connectivity index (χ4v) is 2.99. The van der Waals surface area contributed by atoms with Gasteiger partial charge < -0.3 is 9.15 Å². The van der Waals surface area contributed by atoms with Crippen LogP contribution >= 0.6 is 23.4 Å². The van der Waals surface area contributed by atoms with E-state index < -0.39 is 0 Å². The van der Waals surface area contributed by atoms with Gasteiger partial charge >= 0.3 is 0 Å². The standard InChI is InChI=1S/C17H16ClN3O2S/c1-2-9-21-16(15-4-3-10-23-15)19-20-17(21)24-12-11-22-14-7-5-13(18)6-8-14/h2-8,10H,1,9,11-12H2. The molecule has 0 atom stereocenters. The van der Waals surface area contributed by atoms with Crippen LogP contribution in [0.5, 0.6) is 5.75 Å². The van der Waals surface area contributed by atoms with Gasteiger partial charge in [-0.1, -0.05) is 29.4 Å². The molecule has 0 saturated carbocycles. The molecule has 2 aromatic heterocycles. The maximum absolute atomic E-state index is 5.85. The van der Waals surface area contributed by atoms with Crippen molar-refractivity contribution in [2.45, 2.75) is 11.7 Å². The molecule has 7 heteroatoms. The van der Waals surface area contributed by atoms with E-state index in [0.717, 1.165) is 16.7 Å². The lowest BCUT2D eigenvalue weighted by molar-refractivity contribution is 0.344. The maximum atomic E-state index is 5.85. The maximum Gasteiger partial charge on any atom is 0.200 e. The minimum Gasteiger partial charge on any atom is -0.493 e. The molecule has 124 valence electrons. The van der Waals surface area contributed by atoms with E-state index in [0.29, 0.717) is 29.8 Å². The number of allylic oxidation sites excluding steroid dienone is 1. The number of hydrogen-bond acceptors (Lipinski definition) is 5. The summed E-state index contributed by atoms with van der Waals surface area (Å²) in [6, 6.07) is 11.0. The SMILES string of the molecule is C=CCn1c(SCCOc2ccc(Cl)cc2)nnc1-c1ccco1. The van der Waals surface area contributed by atoms with Crippen molar-refractivity contribution in [3.8, 4) is 17.3 Å². The summed E-state index contributed by atoms with van der Waals surface area (Å²) in [5, 5.41) is 9.96. The van der Waals surface area contributed by atoms with Gasteiger partial charge in [0.2, 0.25) is 5.82 Å². The van der Waals surface area contributed by atoms with Crippen LogP contribution in [0.1, 0.15) is 0 Å². The first-order valence-electron chi connectivity index (χ1n) is 7.37. The Labute approximate surface area is 149 Å². The topological polar surface area (TPSA) is 53.1 Å². The van der Waals surface area contributed by atoms with Crippen molar-refractivity contribution in [1.29, 1.82) is 0 Å². The molecule has 1 aromatic carbocycles. The quantitative estimate of drug-likeness (QED) is 0.334. The van der Waals surface area contributed by atoms with Crippen molar-refractivity contribution < 1.29 is 9.15 Å². The van der Waals surface area contributed by atoms with Crippen molar-refractivity contribution in [1.82, 2.24) is 14.8 Å². The lowest BCUT2D eigenvalue weighted by atomic mass is 10.3. The van der Waals surface area contributed by atoms with Gasteiger partial charge in [0, 0.05) is 17.3 Å². The van der Waals surface area contributed by atoms with Gasteiger partial charge in [-0.25, -0.2) is 0 Å². The molecular formula is C17H16ClN3O2S. The molecule has 0 aliphatic heterocycles. The fraction of sp³-hybridized carbons (Fsp3) is 0.176. The average Bonchev–Trinajstić information content (AvgIpc) is 3.24. The van der Waals surface area contributed by atoms with Crippen LogP contribution in [0.3, 0.4) is 0 Å². The lowest BCUT2D eigenvalue weighted by Gasteiger charge is -2.07. The van der Waals surface area contributed by atoms with Crippen molar-refractivity contribution in [2.24, 2.45) is 0 Å². The van der Waals surface area contributed by atoms with Gasteiger partial charge in [0.05, 0.1) is 12.9 Å². The Balaban J connectivity index is 1.60. The number of aromatic nitrogens is 3. The normalized spacial score (nSPS) is 10.7. The molecule has 0 aliphatic rings. The highest BCUT2D eigenvalue weighted by molar-refractivity contribution is 7.99. The molecule has 0 saturated heterocycles. The molecule has 5 nitrogen and oxygen atoms in total. The molecule has 24 heavy (non-hydrogen) atoms. The zero-order valence-electron chi connectivity index (χ0n) is 12.9. The van der Waals surface area contributed by atoms with Crippen LogP contribution in [0, 0.1) is 0 Å². The molecule has 0 spiro atoms. The van der Waals surface area contributed by atoms with E-state index in [-0.39, 0.29) is 0 Å². The predicted molar refractivity (Wildman–Crippen MR) is 95.6 cm³/mol. The molecule has 0 N–H and O–H groups in total. The number of benzene rings is 1. The molecule has 0 aliphatic carbocycles. The number of nitrogens with zero attached hydrogens (tertiary/aromatic N) is 3. The lowest BCUT2D eigenvalue weighted by Crippen LogP contribution is -2.04. The largest absolute Gasteiger partial charge is 0.493 e. The summed E-state index contributed by atoms with van der Waals surface area (Å²) < 4.78 is 13.1. The van der Waals surface area contributed by atoms with Crippen molar-refractivity contribution >= 4 is 23.4 Å². The third-order valence-electron chi connectivity index (χ3n) is 3.17. The predicted octanol–water partition coefficient (Wildman–Crippen LogP) is 4.55. The molecule has 3 rings (SSSR count). The first-order valence-corrected chi connectivity index (χ1v) is 8.73. The summed E-state index contributed by atoms with van der Waals surface area (Å²) >= 11 is 7.43. The smallest absolute Gasteiger partial charge is 0.200 e. The fourth-order valence-electron chi connectivity index (χ4n) is 2.10. The molecule has 3 aromatic rings. The average molecular weight is 362 g/mol. The molecule has 2 heterocycles. The summed E-state index contributed by atoms with van der Waals surface area (Å²) in [6.07, 6.45) is 3.43. The van der Waals surface area contributed by atoms with E-state index in [1.165, 1.54) is 0 Å². The Bertz CT molecular complexity index is 785. The number of furan rings is 1. The molecule has 0 radical (unpaired) electrons. The number of rotatable bonds is 8. The zero-order chi connectivity index (χ0) is 16.8. The van der Waals surface area contributed by atoms with Gasteiger partial charge in [0.25, 0.3) is 0 Å². The summed E-state index contributed by atoms with van der Waals surface area (Å²) in [7, 11) is 0. The van der Waals surface area contributed by atoms with E-state index in [9.17, 15) is 0 Å². The van der Waals surface area contributed by atoms with Gasteiger partial charge in [-0.15, -0.1) is 16.8 Å². The Morgan fingerprint density at radius 2 is 2.08 bits per heavy atom. The number of hydrogen-bond donors (Lipinski definition) is 0. The van der Waals surface area contributed by atoms with Crippen LogP contribution < -0.4 is 4.74 Å². The minimum atomic E-state index is 0.559. The second-order valence-electron chi connectivity index (χ2n) is 4.83. The zero-order valence-corrected chi connectivity index (χ0v) is 14.5. The van der Waals surface area contributed by atoms with E-state index in [4.69, 9.17) is 20.8 Å². The van der Waals surface area contributed by atoms with E-state index >= 15 is 0 Å². The highest BCUT2D eigenvalue weighted by Gasteiger charge is 2.15. The van der Waals surface area contributed by atoms with Gasteiger partial charge in [0.15, 0.2) is 10.9 Å². The van der Waals surface area contributed by atoms with Gasteiger partial charge in [0.1, 0.15) is 5.75 Å². The monoisotopic (exact) mass is 361 g/mol. The Kier molecular flexibility index (Phi) is 5.61. The van der Waals surface area contributed by atoms with Crippen molar-refractivity contribution in [2.75, 3.05) is 12.4 Å². The second kappa shape index (κ2) is 8.08. The third kappa shape index (κ3) is 4.01. The molecule has 0 amide bonds. The number of ether oxygens (including phenoxy) is 1. The summed E-state index contributed by atoms with van der Waals surface area (Å²) in [5.41, 5.74) is 0. The Morgan fingerprint density at radius 1 is 1.25 bits per heavy atom. The van der Waals surface area contributed by atoms with Gasteiger partial charge in [-0.3, -0.25) is 4.57 Å². The number of halogens is 1. The molecule has 0 fully saturated rings. The van der Waals surface area contributed by atoms with E-state index in [1.54, 1.807) is 30.2 Å². The Morgan fingerprint density at radius 3 is 2.79 bits per heavy atom. The van der Waals surface area contributed by atoms with E-state index in [1.807, 2.05) is 34.9 Å². The number of thioether (sulfide) groups is 1. The van der Waals surface area contributed by atoms with Gasteiger partial charge in [-0.05, 0) is 36.4 Å². The third-order valence-corrected chi connectivity index (χ3v) is 4.35. The minimum absolute atomic E-state index is 0.559. The van der Waals surface area contributed by atoms with Crippen LogP contribution in [-0.2, 0) is 6.54 Å². The summed E-state index contributed by atoms with van der Waals surface area (Å²) in [5.74, 6) is 2.93. The van der Waals surface area contributed by atoms with Gasteiger partial charge in [-0.2, -0.15) is 0 Å². The molecular weight excluding hydrogens is 346 g/mol. The van der Waals surface area contributed by atoms with E-state index in [2.05, 4.69) is 16.8 Å². The highest BCUT2D eigenvalue weighted by atomic mass is 35.5. The summed E-state index contributed by atoms with van der Waals surface area (Å²) in [4.78, 5) is 0. The van der Waals surface area contributed by atoms with Crippen LogP contribution in [0.15, 0.2) is 64.9 Å². The summed E-state index contributed by atoms with van der Waals surface area (Å²) in [6.45, 7) is 4.96. The highest BCUT2D eigenvalue weighted by Crippen LogP contribution is 2.24. The van der Waals surface area contributed by atoms with Crippen molar-refractivity contribution in [3.63, 3.8) is 0 Å². The van der Waals surface area contributed by atoms with Crippen molar-refractivity contribution in [3.05, 3.63) is 60.3 Å². The first kappa shape index (κ1) is 16.7. The second-order valence-corrected chi connectivity index (χ2v) is 6.33. The Hall–Kier alpha value is -2.18. The first-order chi connectivity index (χ1) is 11.8. The molecule has 0 bridgehead atoms. The van der Waals surface area contributed by atoms with Crippen LogP contribution in [0.4, 0.5) is 0 Å².